The topological polar surface area (TPSA) is 28.7 Å². The van der Waals surface area contributed by atoms with Gasteiger partial charge in [0.1, 0.15) is 0 Å². The molecule has 5 heteroatoms. The van der Waals surface area contributed by atoms with Crippen molar-refractivity contribution in [3.8, 4) is 11.3 Å². The van der Waals surface area contributed by atoms with Crippen LogP contribution >= 0.6 is 11.6 Å². The summed E-state index contributed by atoms with van der Waals surface area (Å²) in [5.74, 6) is -1.70. The van der Waals surface area contributed by atoms with E-state index in [0.29, 0.717) is 32.7 Å². The van der Waals surface area contributed by atoms with Crippen LogP contribution in [0, 0.1) is 18.6 Å². The first kappa shape index (κ1) is 14.2. The highest BCUT2D eigenvalue weighted by molar-refractivity contribution is 6.35. The Balaban J connectivity index is 2.01. The standard InChI is InChI=1S/C18H11ClF2N2/c1-9-16(21)14(20)7-11-12(8-22-17(9)11)15-6-5-10-3-2-4-13(19)18(10)23-15/h2-8,22H,1H3. The molecule has 0 atom stereocenters. The second kappa shape index (κ2) is 5.03. The summed E-state index contributed by atoms with van der Waals surface area (Å²) in [5.41, 5.74) is 2.87. The number of benzene rings is 2. The van der Waals surface area contributed by atoms with Crippen molar-refractivity contribution < 1.29 is 8.78 Å². The fraction of sp³-hybridized carbons (Fsp3) is 0.0556. The number of hydrogen-bond acceptors (Lipinski definition) is 1. The smallest absolute Gasteiger partial charge is 0.163 e. The first-order valence-electron chi connectivity index (χ1n) is 7.07. The average molecular weight is 329 g/mol. The van der Waals surface area contributed by atoms with Crippen LogP contribution in [-0.2, 0) is 0 Å². The Morgan fingerprint density at radius 1 is 1.13 bits per heavy atom. The van der Waals surface area contributed by atoms with Crippen molar-refractivity contribution in [3.63, 3.8) is 0 Å². The molecule has 0 aliphatic carbocycles. The highest BCUT2D eigenvalue weighted by Gasteiger charge is 2.16. The van der Waals surface area contributed by atoms with Crippen molar-refractivity contribution in [2.24, 2.45) is 0 Å². The number of fused-ring (bicyclic) bond motifs is 2. The number of aryl methyl sites for hydroxylation is 1. The van der Waals surface area contributed by atoms with Gasteiger partial charge in [0.25, 0.3) is 0 Å². The second-order valence-electron chi connectivity index (χ2n) is 5.43. The Kier molecular flexibility index (Phi) is 3.10. The maximum Gasteiger partial charge on any atom is 0.163 e. The minimum absolute atomic E-state index is 0.255. The van der Waals surface area contributed by atoms with Gasteiger partial charge in [-0.3, -0.25) is 0 Å². The van der Waals surface area contributed by atoms with Crippen molar-refractivity contribution >= 4 is 33.4 Å². The van der Waals surface area contributed by atoms with Gasteiger partial charge in [0.2, 0.25) is 0 Å². The van der Waals surface area contributed by atoms with Gasteiger partial charge in [0.05, 0.1) is 21.7 Å². The lowest BCUT2D eigenvalue weighted by atomic mass is 10.1. The normalized spacial score (nSPS) is 11.5. The quantitative estimate of drug-likeness (QED) is 0.482. The molecule has 2 aromatic carbocycles. The zero-order valence-corrected chi connectivity index (χ0v) is 12.9. The predicted molar refractivity (Wildman–Crippen MR) is 88.7 cm³/mol. The van der Waals surface area contributed by atoms with E-state index in [0.717, 1.165) is 5.39 Å². The van der Waals surface area contributed by atoms with Crippen molar-refractivity contribution in [1.29, 1.82) is 0 Å². The summed E-state index contributed by atoms with van der Waals surface area (Å²) in [6, 6.07) is 10.5. The number of para-hydroxylation sites is 1. The van der Waals surface area contributed by atoms with Crippen LogP contribution in [0.2, 0.25) is 5.02 Å². The summed E-state index contributed by atoms with van der Waals surface area (Å²) in [6.07, 6.45) is 1.71. The monoisotopic (exact) mass is 328 g/mol. The summed E-state index contributed by atoms with van der Waals surface area (Å²) in [5, 5.41) is 2.08. The van der Waals surface area contributed by atoms with Crippen LogP contribution in [0.15, 0.2) is 42.6 Å². The van der Waals surface area contributed by atoms with Crippen LogP contribution in [0.1, 0.15) is 5.56 Å². The fourth-order valence-corrected chi connectivity index (χ4v) is 3.07. The van der Waals surface area contributed by atoms with Gasteiger partial charge in [-0.05, 0) is 25.1 Å². The zero-order valence-electron chi connectivity index (χ0n) is 12.1. The van der Waals surface area contributed by atoms with Gasteiger partial charge in [0.15, 0.2) is 11.6 Å². The number of nitrogens with zero attached hydrogens (tertiary/aromatic N) is 1. The molecule has 0 amide bonds. The van der Waals surface area contributed by atoms with Crippen molar-refractivity contribution in [2.45, 2.75) is 6.92 Å². The van der Waals surface area contributed by atoms with Crippen molar-refractivity contribution in [3.05, 3.63) is 64.8 Å². The molecule has 4 aromatic rings. The molecule has 0 aliphatic rings. The molecule has 0 aliphatic heterocycles. The number of nitrogens with one attached hydrogen (secondary N) is 1. The number of aromatic nitrogens is 2. The Labute approximate surface area is 135 Å². The van der Waals surface area contributed by atoms with Crippen LogP contribution < -0.4 is 0 Å². The zero-order chi connectivity index (χ0) is 16.1. The lowest BCUT2D eigenvalue weighted by Gasteiger charge is -2.05. The van der Waals surface area contributed by atoms with Crippen LogP contribution in [0.3, 0.4) is 0 Å². The molecule has 0 saturated heterocycles. The molecule has 0 fully saturated rings. The largest absolute Gasteiger partial charge is 0.360 e. The molecular weight excluding hydrogens is 318 g/mol. The van der Waals surface area contributed by atoms with Crippen LogP contribution in [0.25, 0.3) is 33.1 Å². The van der Waals surface area contributed by atoms with E-state index >= 15 is 0 Å². The molecule has 0 saturated carbocycles. The third-order valence-electron chi connectivity index (χ3n) is 4.05. The summed E-state index contributed by atoms with van der Waals surface area (Å²) in [7, 11) is 0. The van der Waals surface area contributed by atoms with E-state index in [9.17, 15) is 8.78 Å². The third-order valence-corrected chi connectivity index (χ3v) is 4.36. The van der Waals surface area contributed by atoms with Crippen LogP contribution in [-0.4, -0.2) is 9.97 Å². The Hall–Kier alpha value is -2.46. The number of aromatic amines is 1. The molecule has 23 heavy (non-hydrogen) atoms. The molecule has 114 valence electrons. The van der Waals surface area contributed by atoms with Gasteiger partial charge < -0.3 is 4.98 Å². The van der Waals surface area contributed by atoms with E-state index in [4.69, 9.17) is 11.6 Å². The Morgan fingerprint density at radius 2 is 1.96 bits per heavy atom. The van der Waals surface area contributed by atoms with E-state index in [1.165, 1.54) is 6.07 Å². The first-order valence-corrected chi connectivity index (χ1v) is 7.45. The minimum Gasteiger partial charge on any atom is -0.360 e. The molecule has 4 rings (SSSR count). The van der Waals surface area contributed by atoms with Crippen molar-refractivity contribution in [1.82, 2.24) is 9.97 Å². The van der Waals surface area contributed by atoms with E-state index in [1.54, 1.807) is 19.2 Å². The average Bonchev–Trinajstić information content (AvgIpc) is 2.96. The summed E-state index contributed by atoms with van der Waals surface area (Å²) >= 11 is 6.20. The molecule has 0 spiro atoms. The van der Waals surface area contributed by atoms with Gasteiger partial charge in [-0.25, -0.2) is 13.8 Å². The van der Waals surface area contributed by atoms with Gasteiger partial charge in [-0.2, -0.15) is 0 Å². The molecular formula is C18H11ClF2N2. The third kappa shape index (κ3) is 2.10. The number of pyridine rings is 1. The van der Waals surface area contributed by atoms with E-state index in [-0.39, 0.29) is 5.56 Å². The predicted octanol–water partition coefficient (Wildman–Crippen LogP) is 5.62. The number of halogens is 3. The molecule has 2 heterocycles. The maximum atomic E-state index is 13.8. The fourth-order valence-electron chi connectivity index (χ4n) is 2.85. The summed E-state index contributed by atoms with van der Waals surface area (Å²) in [6.45, 7) is 1.55. The molecule has 2 nitrogen and oxygen atoms in total. The maximum absolute atomic E-state index is 13.8. The molecule has 2 aromatic heterocycles. The van der Waals surface area contributed by atoms with E-state index < -0.39 is 11.6 Å². The molecule has 0 bridgehead atoms. The van der Waals surface area contributed by atoms with Crippen LogP contribution in [0.4, 0.5) is 8.78 Å². The Bertz CT molecular complexity index is 1070. The van der Waals surface area contributed by atoms with E-state index in [2.05, 4.69) is 9.97 Å². The summed E-state index contributed by atoms with van der Waals surface area (Å²) < 4.78 is 27.5. The van der Waals surface area contributed by atoms with Gasteiger partial charge >= 0.3 is 0 Å². The minimum atomic E-state index is -0.866. The summed E-state index contributed by atoms with van der Waals surface area (Å²) in [4.78, 5) is 7.59. The first-order chi connectivity index (χ1) is 11.1. The number of rotatable bonds is 1. The van der Waals surface area contributed by atoms with Gasteiger partial charge in [-0.15, -0.1) is 0 Å². The lowest BCUT2D eigenvalue weighted by Crippen LogP contribution is -1.91. The highest BCUT2D eigenvalue weighted by Crippen LogP contribution is 2.33. The second-order valence-corrected chi connectivity index (χ2v) is 5.84. The number of hydrogen-bond donors (Lipinski definition) is 1. The molecule has 0 radical (unpaired) electrons. The van der Waals surface area contributed by atoms with E-state index in [1.807, 2.05) is 24.3 Å². The van der Waals surface area contributed by atoms with Gasteiger partial charge in [0, 0.05) is 28.1 Å². The van der Waals surface area contributed by atoms with Gasteiger partial charge in [-0.1, -0.05) is 29.8 Å². The molecule has 0 unspecified atom stereocenters. The lowest BCUT2D eigenvalue weighted by molar-refractivity contribution is 0.505. The number of H-pyrrole nitrogens is 1. The van der Waals surface area contributed by atoms with Crippen molar-refractivity contribution in [2.75, 3.05) is 0 Å². The SMILES string of the molecule is Cc1c(F)c(F)cc2c(-c3ccc4cccc(Cl)c4n3)c[nH]c12. The highest BCUT2D eigenvalue weighted by atomic mass is 35.5. The Morgan fingerprint density at radius 3 is 2.78 bits per heavy atom. The molecule has 1 N–H and O–H groups in total. The van der Waals surface area contributed by atoms with Crippen LogP contribution in [0.5, 0.6) is 0 Å².